The normalized spacial score (nSPS) is 16.4. The first kappa shape index (κ1) is 13.5. The number of sulfonamides is 1. The monoisotopic (exact) mass is 293 g/mol. The molecule has 1 aromatic heterocycles. The van der Waals surface area contributed by atoms with Gasteiger partial charge in [-0.05, 0) is 30.5 Å². The number of rotatable bonds is 5. The lowest BCUT2D eigenvalue weighted by Crippen LogP contribution is -2.27. The number of fused-ring (bicyclic) bond motifs is 1. The first-order valence-electron chi connectivity index (χ1n) is 6.92. The molecule has 1 heterocycles. The lowest BCUT2D eigenvalue weighted by atomic mass is 9.83. The number of nitrogens with one attached hydrogen (secondary N) is 2. The molecule has 3 rings (SSSR count). The molecular formula is C14H19N3O2S. The summed E-state index contributed by atoms with van der Waals surface area (Å²) in [6.07, 6.45) is 6.19. The highest BCUT2D eigenvalue weighted by Crippen LogP contribution is 2.29. The van der Waals surface area contributed by atoms with Crippen molar-refractivity contribution < 1.29 is 8.42 Å². The molecule has 1 aliphatic carbocycles. The maximum Gasteiger partial charge on any atom is 0.242 e. The van der Waals surface area contributed by atoms with Crippen molar-refractivity contribution in [3.05, 3.63) is 24.4 Å². The zero-order chi connectivity index (χ0) is 14.2. The van der Waals surface area contributed by atoms with Gasteiger partial charge in [0.1, 0.15) is 4.90 Å². The lowest BCUT2D eigenvalue weighted by molar-refractivity contribution is 0.297. The van der Waals surface area contributed by atoms with Gasteiger partial charge in [0.05, 0.1) is 0 Å². The smallest absolute Gasteiger partial charge is 0.242 e. The van der Waals surface area contributed by atoms with Crippen LogP contribution in [0.4, 0.5) is 5.69 Å². The molecule has 5 nitrogen and oxygen atoms in total. The van der Waals surface area contributed by atoms with Crippen LogP contribution in [0.3, 0.4) is 0 Å². The Kier molecular flexibility index (Phi) is 3.43. The number of nitrogen functional groups attached to an aromatic ring is 1. The molecule has 108 valence electrons. The van der Waals surface area contributed by atoms with Crippen LogP contribution in [0.2, 0.25) is 0 Å². The number of hydrogen-bond donors (Lipinski definition) is 3. The van der Waals surface area contributed by atoms with Gasteiger partial charge >= 0.3 is 0 Å². The predicted molar refractivity (Wildman–Crippen MR) is 79.9 cm³/mol. The van der Waals surface area contributed by atoms with Crippen molar-refractivity contribution in [1.82, 2.24) is 9.71 Å². The maximum absolute atomic E-state index is 12.3. The highest BCUT2D eigenvalue weighted by Gasteiger charge is 2.21. The number of anilines is 1. The minimum absolute atomic E-state index is 0.293. The SMILES string of the molecule is Nc1ccc2c(S(=O)(=O)NCCC3CCC3)c[nH]c2c1. The van der Waals surface area contributed by atoms with Crippen molar-refractivity contribution in [2.45, 2.75) is 30.6 Å². The minimum Gasteiger partial charge on any atom is -0.399 e. The molecule has 0 amide bonds. The van der Waals surface area contributed by atoms with Gasteiger partial charge < -0.3 is 10.7 Å². The summed E-state index contributed by atoms with van der Waals surface area (Å²) in [5.74, 6) is 0.695. The van der Waals surface area contributed by atoms with Gasteiger partial charge in [0.25, 0.3) is 0 Å². The Hall–Kier alpha value is -1.53. The van der Waals surface area contributed by atoms with E-state index in [1.165, 1.54) is 25.5 Å². The largest absolute Gasteiger partial charge is 0.399 e. The van der Waals surface area contributed by atoms with Gasteiger partial charge in [0.15, 0.2) is 0 Å². The van der Waals surface area contributed by atoms with E-state index in [1.54, 1.807) is 18.2 Å². The number of nitrogens with two attached hydrogens (primary N) is 1. The zero-order valence-corrected chi connectivity index (χ0v) is 12.0. The van der Waals surface area contributed by atoms with Crippen LogP contribution in [0.25, 0.3) is 10.9 Å². The average Bonchev–Trinajstić information content (AvgIpc) is 2.75. The minimum atomic E-state index is -3.46. The molecule has 0 aliphatic heterocycles. The first-order valence-corrected chi connectivity index (χ1v) is 8.41. The van der Waals surface area contributed by atoms with Gasteiger partial charge in [0.2, 0.25) is 10.0 Å². The van der Waals surface area contributed by atoms with Gasteiger partial charge in [-0.15, -0.1) is 0 Å². The quantitative estimate of drug-likeness (QED) is 0.739. The fourth-order valence-electron chi connectivity index (χ4n) is 2.60. The van der Waals surface area contributed by atoms with Gasteiger partial charge in [-0.3, -0.25) is 0 Å². The van der Waals surface area contributed by atoms with Crippen LogP contribution >= 0.6 is 0 Å². The molecule has 0 spiro atoms. The van der Waals surface area contributed by atoms with Crippen LogP contribution in [-0.4, -0.2) is 19.9 Å². The van der Waals surface area contributed by atoms with E-state index in [1.807, 2.05) is 0 Å². The summed E-state index contributed by atoms with van der Waals surface area (Å²) >= 11 is 0. The van der Waals surface area contributed by atoms with Gasteiger partial charge in [-0.1, -0.05) is 19.3 Å². The standard InChI is InChI=1S/C14H19N3O2S/c15-11-4-5-12-13(8-11)16-9-14(12)20(18,19)17-7-6-10-2-1-3-10/h4-5,8-10,16-17H,1-3,6-7,15H2. The third-order valence-electron chi connectivity index (χ3n) is 4.03. The van der Waals surface area contributed by atoms with Crippen LogP contribution < -0.4 is 10.5 Å². The Balaban J connectivity index is 1.77. The van der Waals surface area contributed by atoms with Crippen LogP contribution in [0, 0.1) is 5.92 Å². The van der Waals surface area contributed by atoms with Crippen molar-refractivity contribution in [3.8, 4) is 0 Å². The Morgan fingerprint density at radius 3 is 2.85 bits per heavy atom. The van der Waals surface area contributed by atoms with Crippen LogP contribution in [-0.2, 0) is 10.0 Å². The van der Waals surface area contributed by atoms with Gasteiger partial charge in [0, 0.05) is 29.3 Å². The molecule has 6 heteroatoms. The topological polar surface area (TPSA) is 88.0 Å². The van der Waals surface area contributed by atoms with Crippen molar-refractivity contribution in [2.24, 2.45) is 5.92 Å². The highest BCUT2D eigenvalue weighted by atomic mass is 32.2. The van der Waals surface area contributed by atoms with Crippen molar-refractivity contribution >= 4 is 26.6 Å². The number of aromatic amines is 1. The summed E-state index contributed by atoms with van der Waals surface area (Å²) in [5.41, 5.74) is 7.04. The van der Waals surface area contributed by atoms with Crippen LogP contribution in [0.5, 0.6) is 0 Å². The van der Waals surface area contributed by atoms with E-state index in [0.29, 0.717) is 28.4 Å². The Labute approximate surface area is 118 Å². The molecule has 4 N–H and O–H groups in total. The predicted octanol–water partition coefficient (Wildman–Crippen LogP) is 2.22. The summed E-state index contributed by atoms with van der Waals surface area (Å²) in [6.45, 7) is 0.509. The average molecular weight is 293 g/mol. The molecule has 0 saturated heterocycles. The van der Waals surface area contributed by atoms with Crippen LogP contribution in [0.1, 0.15) is 25.7 Å². The molecule has 2 aromatic rings. The third kappa shape index (κ3) is 2.53. The Bertz CT molecular complexity index is 717. The van der Waals surface area contributed by atoms with E-state index < -0.39 is 10.0 Å². The third-order valence-corrected chi connectivity index (χ3v) is 5.53. The van der Waals surface area contributed by atoms with E-state index in [9.17, 15) is 8.42 Å². The molecule has 0 bridgehead atoms. The van der Waals surface area contributed by atoms with E-state index in [2.05, 4.69) is 9.71 Å². The number of benzene rings is 1. The fourth-order valence-corrected chi connectivity index (χ4v) is 3.82. The molecule has 0 radical (unpaired) electrons. The molecule has 0 unspecified atom stereocenters. The number of hydrogen-bond acceptors (Lipinski definition) is 3. The van der Waals surface area contributed by atoms with Crippen molar-refractivity contribution in [1.29, 1.82) is 0 Å². The lowest BCUT2D eigenvalue weighted by Gasteiger charge is -2.25. The second-order valence-electron chi connectivity index (χ2n) is 5.44. The van der Waals surface area contributed by atoms with Crippen molar-refractivity contribution in [3.63, 3.8) is 0 Å². The molecule has 1 saturated carbocycles. The van der Waals surface area contributed by atoms with Crippen LogP contribution in [0.15, 0.2) is 29.3 Å². The second-order valence-corrected chi connectivity index (χ2v) is 7.18. The van der Waals surface area contributed by atoms with Gasteiger partial charge in [-0.2, -0.15) is 0 Å². The van der Waals surface area contributed by atoms with E-state index in [4.69, 9.17) is 5.73 Å². The molecule has 0 atom stereocenters. The van der Waals surface area contributed by atoms with E-state index in [0.717, 1.165) is 11.9 Å². The van der Waals surface area contributed by atoms with Crippen molar-refractivity contribution in [2.75, 3.05) is 12.3 Å². The first-order chi connectivity index (χ1) is 9.56. The summed E-state index contributed by atoms with van der Waals surface area (Å²) in [5, 5.41) is 0.676. The van der Waals surface area contributed by atoms with Gasteiger partial charge in [-0.25, -0.2) is 13.1 Å². The summed E-state index contributed by atoms with van der Waals surface area (Å²) < 4.78 is 27.3. The molecule has 1 aliphatic rings. The second kappa shape index (κ2) is 5.10. The Morgan fingerprint density at radius 2 is 2.15 bits per heavy atom. The number of H-pyrrole nitrogens is 1. The Morgan fingerprint density at radius 1 is 1.35 bits per heavy atom. The van der Waals surface area contributed by atoms with E-state index in [-0.39, 0.29) is 0 Å². The summed E-state index contributed by atoms with van der Waals surface area (Å²) in [4.78, 5) is 3.25. The molecule has 20 heavy (non-hydrogen) atoms. The fraction of sp³-hybridized carbons (Fsp3) is 0.429. The highest BCUT2D eigenvalue weighted by molar-refractivity contribution is 7.89. The molecule has 1 fully saturated rings. The number of aromatic nitrogens is 1. The summed E-state index contributed by atoms with van der Waals surface area (Å²) in [6, 6.07) is 5.19. The summed E-state index contributed by atoms with van der Waals surface area (Å²) in [7, 11) is -3.46. The van der Waals surface area contributed by atoms with E-state index >= 15 is 0 Å². The maximum atomic E-state index is 12.3. The molecule has 1 aromatic carbocycles. The molecular weight excluding hydrogens is 274 g/mol. The zero-order valence-electron chi connectivity index (χ0n) is 11.2.